The lowest BCUT2D eigenvalue weighted by Gasteiger charge is -2.22. The molecular weight excluding hydrogens is 440 g/mol. The molecule has 0 aliphatic carbocycles. The first-order chi connectivity index (χ1) is 14.1. The van der Waals surface area contributed by atoms with Crippen LogP contribution in [0.25, 0.3) is 12.2 Å². The Hall–Kier alpha value is -2.29. The fourth-order valence-electron chi connectivity index (χ4n) is 2.81. The molecule has 0 radical (unpaired) electrons. The first-order valence-electron chi connectivity index (χ1n) is 8.94. The number of nitrogens with two attached hydrogens (primary N) is 1. The van der Waals surface area contributed by atoms with Crippen LogP contribution in [0, 0.1) is 0 Å². The zero-order valence-corrected chi connectivity index (χ0v) is 17.9. The number of anilines is 1. The summed E-state index contributed by atoms with van der Waals surface area (Å²) in [5.74, 6) is 0.00440. The molecule has 0 unspecified atom stereocenters. The number of ether oxygens (including phenoxy) is 1. The van der Waals surface area contributed by atoms with Crippen LogP contribution in [0.5, 0.6) is 5.75 Å². The largest absolute Gasteiger partial charge is 0.491 e. The summed E-state index contributed by atoms with van der Waals surface area (Å²) in [5.41, 5.74) is 4.82. The van der Waals surface area contributed by atoms with Crippen molar-refractivity contribution in [1.29, 1.82) is 0 Å². The number of halogens is 5. The quantitative estimate of drug-likeness (QED) is 0.611. The number of para-hydroxylation sites is 1. The summed E-state index contributed by atoms with van der Waals surface area (Å²) in [6.07, 6.45) is -1.34. The van der Waals surface area contributed by atoms with Gasteiger partial charge in [0.25, 0.3) is 0 Å². The van der Waals surface area contributed by atoms with Crippen LogP contribution >= 0.6 is 23.2 Å². The summed E-state index contributed by atoms with van der Waals surface area (Å²) in [6, 6.07) is 3.19. The highest BCUT2D eigenvalue weighted by atomic mass is 35.5. The zero-order valence-electron chi connectivity index (χ0n) is 16.4. The SMILES string of the molecule is C=C(Cl)/C=c1/c(N[C@H](C)c2cccc(C(F)(F)F)c2OCCN)nc(Cl)n/c1=C/C. The monoisotopic (exact) mass is 460 g/mol. The van der Waals surface area contributed by atoms with E-state index in [1.54, 1.807) is 26.0 Å². The number of nitrogens with zero attached hydrogens (tertiary/aromatic N) is 2. The second-order valence-corrected chi connectivity index (χ2v) is 7.07. The van der Waals surface area contributed by atoms with Crippen LogP contribution in [0.15, 0.2) is 29.8 Å². The second-order valence-electron chi connectivity index (χ2n) is 6.24. The minimum Gasteiger partial charge on any atom is -0.491 e. The summed E-state index contributed by atoms with van der Waals surface area (Å²) in [5, 5.41) is 4.28. The van der Waals surface area contributed by atoms with Gasteiger partial charge in [-0.15, -0.1) is 0 Å². The number of benzene rings is 1. The van der Waals surface area contributed by atoms with Gasteiger partial charge in [-0.05, 0) is 37.6 Å². The molecule has 2 aromatic rings. The van der Waals surface area contributed by atoms with Gasteiger partial charge in [0.1, 0.15) is 18.2 Å². The van der Waals surface area contributed by atoms with E-state index in [0.29, 0.717) is 16.4 Å². The van der Waals surface area contributed by atoms with Crippen LogP contribution in [0.3, 0.4) is 0 Å². The van der Waals surface area contributed by atoms with Crippen LogP contribution in [0.1, 0.15) is 31.0 Å². The summed E-state index contributed by atoms with van der Waals surface area (Å²) in [6.45, 7) is 7.08. The maximum Gasteiger partial charge on any atom is 0.419 e. The Bertz CT molecular complexity index is 1040. The predicted molar refractivity (Wildman–Crippen MR) is 114 cm³/mol. The molecule has 0 amide bonds. The molecule has 0 aliphatic rings. The van der Waals surface area contributed by atoms with Crippen molar-refractivity contribution in [3.05, 3.63) is 56.8 Å². The minimum absolute atomic E-state index is 0.0289. The maximum absolute atomic E-state index is 13.5. The molecule has 10 heteroatoms. The molecule has 0 spiro atoms. The molecule has 0 bridgehead atoms. The molecule has 0 aliphatic heterocycles. The Morgan fingerprint density at radius 2 is 2.07 bits per heavy atom. The van der Waals surface area contributed by atoms with Gasteiger partial charge in [-0.3, -0.25) is 0 Å². The third-order valence-electron chi connectivity index (χ3n) is 4.06. The molecule has 2 rings (SSSR count). The number of rotatable bonds is 7. The second kappa shape index (κ2) is 10.1. The van der Waals surface area contributed by atoms with Gasteiger partial charge < -0.3 is 15.8 Å². The first kappa shape index (κ1) is 24.0. The standard InChI is InChI=1S/C20H21Cl2F3N4O/c1-4-16-14(10-11(2)21)18(29-19(22)28-16)27-12(3)13-6-5-7-15(20(23,24)25)17(13)30-9-8-26/h4-7,10,12H,2,8-9,26H2,1,3H3,(H,27,28,29)/b14-10+,16-4+/t12-/m1/s1. The lowest BCUT2D eigenvalue weighted by Crippen LogP contribution is -2.33. The van der Waals surface area contributed by atoms with Gasteiger partial charge in [0.15, 0.2) is 0 Å². The summed E-state index contributed by atoms with van der Waals surface area (Å²) in [4.78, 5) is 8.30. The molecule has 1 aromatic heterocycles. The Balaban J connectivity index is 2.60. The van der Waals surface area contributed by atoms with Crippen LogP contribution in [-0.2, 0) is 6.18 Å². The van der Waals surface area contributed by atoms with E-state index in [4.69, 9.17) is 33.7 Å². The molecule has 162 valence electrons. The van der Waals surface area contributed by atoms with Crippen molar-refractivity contribution in [2.24, 2.45) is 5.73 Å². The van der Waals surface area contributed by atoms with Crippen molar-refractivity contribution >= 4 is 41.2 Å². The fourth-order valence-corrected chi connectivity index (χ4v) is 3.10. The number of nitrogens with one attached hydrogen (secondary N) is 1. The zero-order chi connectivity index (χ0) is 22.5. The molecule has 3 N–H and O–H groups in total. The number of hydrogen-bond donors (Lipinski definition) is 2. The van der Waals surface area contributed by atoms with Crippen molar-refractivity contribution in [3.63, 3.8) is 0 Å². The van der Waals surface area contributed by atoms with Crippen LogP contribution in [0.2, 0.25) is 5.28 Å². The molecule has 1 atom stereocenters. The molecular formula is C20H21Cl2F3N4O. The van der Waals surface area contributed by atoms with Crippen molar-refractivity contribution < 1.29 is 17.9 Å². The topological polar surface area (TPSA) is 73.1 Å². The summed E-state index contributed by atoms with van der Waals surface area (Å²) < 4.78 is 45.9. The Kier molecular flexibility index (Phi) is 8.11. The van der Waals surface area contributed by atoms with Crippen molar-refractivity contribution in [3.8, 4) is 5.75 Å². The number of hydrogen-bond acceptors (Lipinski definition) is 5. The van der Waals surface area contributed by atoms with Crippen molar-refractivity contribution in [2.75, 3.05) is 18.5 Å². The summed E-state index contributed by atoms with van der Waals surface area (Å²) in [7, 11) is 0. The molecule has 30 heavy (non-hydrogen) atoms. The van der Waals surface area contributed by atoms with Gasteiger partial charge in [0.2, 0.25) is 5.28 Å². The molecule has 1 heterocycles. The highest BCUT2D eigenvalue weighted by molar-refractivity contribution is 6.33. The number of aromatic nitrogens is 2. The van der Waals surface area contributed by atoms with E-state index < -0.39 is 17.8 Å². The molecule has 1 aromatic carbocycles. The lowest BCUT2D eigenvalue weighted by atomic mass is 10.0. The fraction of sp³-hybridized carbons (Fsp3) is 0.300. The Morgan fingerprint density at radius 1 is 1.37 bits per heavy atom. The Labute approximate surface area is 182 Å². The third kappa shape index (κ3) is 5.87. The van der Waals surface area contributed by atoms with Gasteiger partial charge in [-0.1, -0.05) is 36.4 Å². The van der Waals surface area contributed by atoms with E-state index in [2.05, 4.69) is 21.9 Å². The molecule has 0 saturated carbocycles. The van der Waals surface area contributed by atoms with Crippen LogP contribution in [0.4, 0.5) is 19.0 Å². The van der Waals surface area contributed by atoms with Gasteiger partial charge in [-0.2, -0.15) is 13.2 Å². The van der Waals surface area contributed by atoms with E-state index in [-0.39, 0.29) is 34.8 Å². The lowest BCUT2D eigenvalue weighted by molar-refractivity contribution is -0.139. The smallest absolute Gasteiger partial charge is 0.419 e. The number of alkyl halides is 3. The molecule has 0 fully saturated rings. The molecule has 5 nitrogen and oxygen atoms in total. The van der Waals surface area contributed by atoms with E-state index in [0.717, 1.165) is 6.07 Å². The van der Waals surface area contributed by atoms with Crippen LogP contribution < -0.4 is 26.4 Å². The summed E-state index contributed by atoms with van der Waals surface area (Å²) >= 11 is 11.9. The number of allylic oxidation sites excluding steroid dienone is 1. The van der Waals surface area contributed by atoms with Crippen molar-refractivity contribution in [1.82, 2.24) is 9.97 Å². The predicted octanol–water partition coefficient (Wildman–Crippen LogP) is 3.99. The maximum atomic E-state index is 13.5. The third-order valence-corrected chi connectivity index (χ3v) is 4.34. The minimum atomic E-state index is -4.59. The van der Waals surface area contributed by atoms with Gasteiger partial charge in [-0.25, -0.2) is 9.97 Å². The van der Waals surface area contributed by atoms with Gasteiger partial charge >= 0.3 is 6.18 Å². The van der Waals surface area contributed by atoms with Crippen LogP contribution in [-0.4, -0.2) is 23.1 Å². The average Bonchev–Trinajstić information content (AvgIpc) is 2.66. The highest BCUT2D eigenvalue weighted by Gasteiger charge is 2.36. The molecule has 0 saturated heterocycles. The van der Waals surface area contributed by atoms with E-state index in [9.17, 15) is 13.2 Å². The van der Waals surface area contributed by atoms with Gasteiger partial charge in [0, 0.05) is 22.4 Å². The van der Waals surface area contributed by atoms with E-state index in [1.807, 2.05) is 0 Å². The van der Waals surface area contributed by atoms with Gasteiger partial charge in [0.05, 0.1) is 17.0 Å². The average molecular weight is 461 g/mol. The highest BCUT2D eigenvalue weighted by Crippen LogP contribution is 2.40. The normalized spacial score (nSPS) is 14.0. The first-order valence-corrected chi connectivity index (χ1v) is 9.69. The van der Waals surface area contributed by atoms with E-state index >= 15 is 0 Å². The van der Waals surface area contributed by atoms with E-state index in [1.165, 1.54) is 12.1 Å². The van der Waals surface area contributed by atoms with Crippen molar-refractivity contribution in [2.45, 2.75) is 26.1 Å². The Morgan fingerprint density at radius 3 is 2.63 bits per heavy atom.